The molecule has 0 radical (unpaired) electrons. The van der Waals surface area contributed by atoms with Crippen molar-refractivity contribution in [3.05, 3.63) is 71.3 Å². The van der Waals surface area contributed by atoms with E-state index in [1.165, 1.54) is 0 Å². The van der Waals surface area contributed by atoms with Crippen LogP contribution in [0.1, 0.15) is 42.9 Å². The van der Waals surface area contributed by atoms with E-state index >= 15 is 0 Å². The summed E-state index contributed by atoms with van der Waals surface area (Å²) >= 11 is 0. The van der Waals surface area contributed by atoms with E-state index in [-0.39, 0.29) is 0 Å². The van der Waals surface area contributed by atoms with E-state index in [2.05, 4.69) is 43.1 Å². The van der Waals surface area contributed by atoms with Gasteiger partial charge in [0.15, 0.2) is 0 Å². The fraction of sp³-hybridized carbons (Fsp3) is 0.444. The van der Waals surface area contributed by atoms with Gasteiger partial charge in [-0.1, -0.05) is 47.6 Å². The molecule has 0 N–H and O–H groups in total. The topological polar surface area (TPSA) is 43.3 Å². The highest BCUT2D eigenvalue weighted by Crippen LogP contribution is 2.28. The Kier molecular flexibility index (Phi) is 11.4. The average molecular weight is 439 g/mol. The Balaban J connectivity index is 1.71. The molecule has 0 aliphatic rings. The smallest absolute Gasteiger partial charge is 0.125 e. The summed E-state index contributed by atoms with van der Waals surface area (Å²) in [5.41, 5.74) is 4.28. The summed E-state index contributed by atoms with van der Waals surface area (Å²) in [5, 5.41) is 4.21. The zero-order chi connectivity index (χ0) is 23.2. The van der Waals surface area contributed by atoms with Crippen molar-refractivity contribution in [1.82, 2.24) is 4.90 Å². The van der Waals surface area contributed by atoms with Crippen LogP contribution in [-0.4, -0.2) is 51.1 Å². The molecule has 0 aliphatic heterocycles. The lowest BCUT2D eigenvalue weighted by atomic mass is 10.1. The Morgan fingerprint density at radius 2 is 1.72 bits per heavy atom. The van der Waals surface area contributed by atoms with Crippen molar-refractivity contribution < 1.29 is 14.3 Å². The predicted octanol–water partition coefficient (Wildman–Crippen LogP) is 5.79. The van der Waals surface area contributed by atoms with Crippen LogP contribution in [0.15, 0.2) is 59.8 Å². The van der Waals surface area contributed by atoms with Gasteiger partial charge in [0.25, 0.3) is 0 Å². The molecule has 0 unspecified atom stereocenters. The zero-order valence-electron chi connectivity index (χ0n) is 20.3. The molecule has 0 spiro atoms. The molecular formula is C27H38N2O3. The summed E-state index contributed by atoms with van der Waals surface area (Å²) in [6, 6.07) is 14.3. The summed E-state index contributed by atoms with van der Waals surface area (Å²) in [4.78, 5) is 7.33. The van der Waals surface area contributed by atoms with Gasteiger partial charge in [0, 0.05) is 12.1 Å². The highest BCUT2D eigenvalue weighted by atomic mass is 16.6. The molecule has 0 aromatic heterocycles. The van der Waals surface area contributed by atoms with Gasteiger partial charge in [0.05, 0.1) is 6.61 Å². The molecule has 5 heteroatoms. The maximum atomic E-state index is 6.09. The van der Waals surface area contributed by atoms with Crippen molar-refractivity contribution in [2.75, 3.05) is 40.5 Å². The first kappa shape index (κ1) is 25.5. The molecule has 0 bridgehead atoms. The van der Waals surface area contributed by atoms with Crippen LogP contribution in [0.25, 0.3) is 0 Å². The number of benzene rings is 2. The van der Waals surface area contributed by atoms with E-state index in [0.717, 1.165) is 72.9 Å². The molecule has 0 aliphatic carbocycles. The molecular weight excluding hydrogens is 400 g/mol. The maximum Gasteiger partial charge on any atom is 0.125 e. The molecule has 0 saturated carbocycles. The minimum atomic E-state index is 0.591. The molecule has 0 amide bonds. The number of oxime groups is 1. The number of aryl methyl sites for hydroxylation is 2. The Morgan fingerprint density at radius 3 is 2.38 bits per heavy atom. The lowest BCUT2D eigenvalue weighted by Gasteiger charge is -2.18. The third kappa shape index (κ3) is 8.75. The summed E-state index contributed by atoms with van der Waals surface area (Å²) in [5.74, 6) is 1.86. The molecule has 0 fully saturated rings. The standard InChI is InChI=1S/C27H38N2O3/c1-6-7-17-31-25-19-22(2)27(23(3)20-25)32-18-13-9-12-16-29(4)21-26(28-30-5)24-14-10-8-11-15-24/h6-8,10-11,14-15,19-20H,9,12-13,16-18,21H2,1-5H3/b7-6+,28-26?. The first-order valence-electron chi connectivity index (χ1n) is 11.4. The second kappa shape index (κ2) is 14.3. The summed E-state index contributed by atoms with van der Waals surface area (Å²) in [6.45, 7) is 9.23. The monoisotopic (exact) mass is 438 g/mol. The molecule has 2 aromatic rings. The quantitative estimate of drug-likeness (QED) is 0.162. The summed E-state index contributed by atoms with van der Waals surface area (Å²) in [6.07, 6.45) is 7.26. The van der Waals surface area contributed by atoms with E-state index in [1.54, 1.807) is 7.11 Å². The van der Waals surface area contributed by atoms with Gasteiger partial charge >= 0.3 is 0 Å². The van der Waals surface area contributed by atoms with Crippen molar-refractivity contribution in [2.24, 2.45) is 5.16 Å². The average Bonchev–Trinajstić information content (AvgIpc) is 2.78. The Morgan fingerprint density at radius 1 is 1.00 bits per heavy atom. The molecule has 174 valence electrons. The van der Waals surface area contributed by atoms with Crippen LogP contribution in [0, 0.1) is 13.8 Å². The van der Waals surface area contributed by atoms with Crippen LogP contribution >= 0.6 is 0 Å². The van der Waals surface area contributed by atoms with Gasteiger partial charge in [-0.25, -0.2) is 0 Å². The molecule has 2 rings (SSSR count). The molecule has 0 atom stereocenters. The lowest BCUT2D eigenvalue weighted by molar-refractivity contribution is 0.211. The zero-order valence-corrected chi connectivity index (χ0v) is 20.3. The summed E-state index contributed by atoms with van der Waals surface area (Å²) < 4.78 is 11.8. The molecule has 0 heterocycles. The molecule has 32 heavy (non-hydrogen) atoms. The van der Waals surface area contributed by atoms with Gasteiger partial charge in [-0.3, -0.25) is 0 Å². The number of rotatable bonds is 14. The number of allylic oxidation sites excluding steroid dienone is 1. The predicted molar refractivity (Wildman–Crippen MR) is 133 cm³/mol. The Hall–Kier alpha value is -2.79. The largest absolute Gasteiger partial charge is 0.493 e. The third-order valence-electron chi connectivity index (χ3n) is 5.17. The van der Waals surface area contributed by atoms with Gasteiger partial charge in [0.1, 0.15) is 30.9 Å². The fourth-order valence-corrected chi connectivity index (χ4v) is 3.55. The van der Waals surface area contributed by atoms with E-state index < -0.39 is 0 Å². The van der Waals surface area contributed by atoms with Crippen LogP contribution in [0.5, 0.6) is 11.5 Å². The normalized spacial score (nSPS) is 11.9. The SMILES string of the molecule is C/C=C/COc1cc(C)c(OCCCCCN(C)CC(=NOC)c2ccccc2)c(C)c1. The van der Waals surface area contributed by atoms with Crippen molar-refractivity contribution in [2.45, 2.75) is 40.0 Å². The van der Waals surface area contributed by atoms with Crippen molar-refractivity contribution in [3.63, 3.8) is 0 Å². The number of unbranched alkanes of at least 4 members (excludes halogenated alkanes) is 2. The van der Waals surface area contributed by atoms with Gasteiger partial charge in [-0.2, -0.15) is 0 Å². The fourth-order valence-electron chi connectivity index (χ4n) is 3.55. The number of likely N-dealkylation sites (N-methyl/N-ethyl adjacent to an activating group) is 1. The number of hydrogen-bond acceptors (Lipinski definition) is 5. The van der Waals surface area contributed by atoms with Crippen molar-refractivity contribution in [3.8, 4) is 11.5 Å². The van der Waals surface area contributed by atoms with Gasteiger partial charge in [-0.15, -0.1) is 0 Å². The van der Waals surface area contributed by atoms with E-state index in [9.17, 15) is 0 Å². The molecule has 5 nitrogen and oxygen atoms in total. The molecule has 0 saturated heterocycles. The van der Waals surface area contributed by atoms with Crippen LogP contribution in [-0.2, 0) is 4.84 Å². The van der Waals surface area contributed by atoms with Gasteiger partial charge < -0.3 is 19.2 Å². The molecule has 2 aromatic carbocycles. The highest BCUT2D eigenvalue weighted by Gasteiger charge is 2.09. The van der Waals surface area contributed by atoms with E-state index in [1.807, 2.05) is 49.4 Å². The van der Waals surface area contributed by atoms with Gasteiger partial charge in [0.2, 0.25) is 0 Å². The number of hydrogen-bond donors (Lipinski definition) is 0. The van der Waals surface area contributed by atoms with Crippen molar-refractivity contribution >= 4 is 5.71 Å². The Bertz CT molecular complexity index is 839. The number of nitrogens with zero attached hydrogens (tertiary/aromatic N) is 2. The minimum absolute atomic E-state index is 0.591. The third-order valence-corrected chi connectivity index (χ3v) is 5.17. The summed E-state index contributed by atoms with van der Waals surface area (Å²) in [7, 11) is 3.72. The van der Waals surface area contributed by atoms with E-state index in [4.69, 9.17) is 14.3 Å². The van der Waals surface area contributed by atoms with Crippen LogP contribution in [0.3, 0.4) is 0 Å². The van der Waals surface area contributed by atoms with Crippen LogP contribution in [0.2, 0.25) is 0 Å². The Labute approximate surface area is 193 Å². The second-order valence-corrected chi connectivity index (χ2v) is 8.00. The van der Waals surface area contributed by atoms with Crippen molar-refractivity contribution in [1.29, 1.82) is 0 Å². The van der Waals surface area contributed by atoms with Gasteiger partial charge in [-0.05, 0) is 76.9 Å². The number of ether oxygens (including phenoxy) is 2. The maximum absolute atomic E-state index is 6.09. The van der Waals surface area contributed by atoms with E-state index in [0.29, 0.717) is 6.61 Å². The van der Waals surface area contributed by atoms with Crippen LogP contribution < -0.4 is 9.47 Å². The highest BCUT2D eigenvalue weighted by molar-refractivity contribution is 6.01. The first-order chi connectivity index (χ1) is 15.5. The second-order valence-electron chi connectivity index (χ2n) is 8.00. The lowest BCUT2D eigenvalue weighted by Crippen LogP contribution is -2.27. The minimum Gasteiger partial charge on any atom is -0.493 e. The first-order valence-corrected chi connectivity index (χ1v) is 11.4. The van der Waals surface area contributed by atoms with Crippen LogP contribution in [0.4, 0.5) is 0 Å².